The maximum absolute atomic E-state index is 13.5. The summed E-state index contributed by atoms with van der Waals surface area (Å²) in [7, 11) is 1.62. The number of carbonyl (C=O) groups is 2. The topological polar surface area (TPSA) is 104 Å². The highest BCUT2D eigenvalue weighted by molar-refractivity contribution is 5.87. The molecule has 0 bridgehead atoms. The van der Waals surface area contributed by atoms with Gasteiger partial charge < -0.3 is 24.8 Å². The fourth-order valence-electron chi connectivity index (χ4n) is 5.73. The lowest BCUT2D eigenvalue weighted by molar-refractivity contribution is -0.128. The zero-order chi connectivity index (χ0) is 29.1. The minimum atomic E-state index is -0.677. The zero-order valence-corrected chi connectivity index (χ0v) is 24.3. The molecule has 2 N–H and O–H groups in total. The van der Waals surface area contributed by atoms with E-state index in [1.165, 1.54) is 0 Å². The van der Waals surface area contributed by atoms with E-state index in [2.05, 4.69) is 15.2 Å². The minimum absolute atomic E-state index is 0.000402. The number of ether oxygens (including phenoxy) is 2. The number of aromatic nitrogens is 1. The highest BCUT2D eigenvalue weighted by atomic mass is 16.6. The molecule has 1 fully saturated rings. The molecule has 1 aromatic heterocycles. The Labute approximate surface area is 241 Å². The summed E-state index contributed by atoms with van der Waals surface area (Å²) in [5.74, 6) is 0.572. The number of piperidine rings is 1. The number of fused-ring (bicyclic) bond motifs is 2. The number of hydrogen-bond acceptors (Lipinski definition) is 7. The van der Waals surface area contributed by atoms with E-state index in [-0.39, 0.29) is 11.9 Å². The molecule has 0 unspecified atom stereocenters. The summed E-state index contributed by atoms with van der Waals surface area (Å²) < 4.78 is 11.0. The van der Waals surface area contributed by atoms with Gasteiger partial charge in [-0.2, -0.15) is 0 Å². The summed E-state index contributed by atoms with van der Waals surface area (Å²) in [4.78, 5) is 34.8. The number of amides is 2. The van der Waals surface area contributed by atoms with Gasteiger partial charge in [-0.05, 0) is 74.6 Å². The summed E-state index contributed by atoms with van der Waals surface area (Å²) in [5, 5.41) is 15.2. The van der Waals surface area contributed by atoms with Gasteiger partial charge in [0.1, 0.15) is 17.4 Å². The number of aliphatic hydroxyl groups is 1. The molecule has 2 aromatic carbocycles. The van der Waals surface area contributed by atoms with Crippen LogP contribution in [-0.4, -0.2) is 76.3 Å². The van der Waals surface area contributed by atoms with Crippen molar-refractivity contribution < 1.29 is 24.2 Å². The maximum atomic E-state index is 13.5. The molecule has 218 valence electrons. The van der Waals surface area contributed by atoms with Crippen LogP contribution in [-0.2, 0) is 22.5 Å². The summed E-state index contributed by atoms with van der Waals surface area (Å²) in [5.41, 5.74) is 3.10. The number of pyridine rings is 1. The van der Waals surface area contributed by atoms with Crippen molar-refractivity contribution in [3.63, 3.8) is 0 Å². The number of nitrogens with zero attached hydrogens (tertiary/aromatic N) is 3. The first kappa shape index (κ1) is 28.8. The van der Waals surface area contributed by atoms with Crippen LogP contribution in [0.15, 0.2) is 54.7 Å². The second kappa shape index (κ2) is 12.0. The number of methoxy groups -OCH3 is 1. The van der Waals surface area contributed by atoms with E-state index in [4.69, 9.17) is 9.47 Å². The molecule has 9 heteroatoms. The molecule has 0 spiro atoms. The van der Waals surface area contributed by atoms with Gasteiger partial charge in [0, 0.05) is 43.7 Å². The SMILES string of the molecule is COc1ccc2nccc([C@@H](O)CN3CCC(NC(=O)[C@@H]4Cc5ccccc5CN4C(=O)OC(C)(C)C)CC3)c2c1. The third-order valence-corrected chi connectivity index (χ3v) is 7.89. The van der Waals surface area contributed by atoms with Crippen LogP contribution >= 0.6 is 0 Å². The third-order valence-electron chi connectivity index (χ3n) is 7.89. The maximum Gasteiger partial charge on any atom is 0.411 e. The van der Waals surface area contributed by atoms with E-state index < -0.39 is 23.8 Å². The highest BCUT2D eigenvalue weighted by Crippen LogP contribution is 2.29. The molecule has 2 aliphatic heterocycles. The molecule has 2 atom stereocenters. The molecule has 41 heavy (non-hydrogen) atoms. The van der Waals surface area contributed by atoms with Crippen LogP contribution in [0.2, 0.25) is 0 Å². The molecule has 2 amide bonds. The molecule has 0 radical (unpaired) electrons. The first-order valence-corrected chi connectivity index (χ1v) is 14.3. The first-order valence-electron chi connectivity index (χ1n) is 14.3. The van der Waals surface area contributed by atoms with Crippen LogP contribution in [0.4, 0.5) is 4.79 Å². The lowest BCUT2D eigenvalue weighted by atomic mass is 9.93. The Morgan fingerprint density at radius 3 is 2.54 bits per heavy atom. The molecule has 2 aliphatic rings. The van der Waals surface area contributed by atoms with E-state index in [0.717, 1.165) is 59.3 Å². The van der Waals surface area contributed by atoms with Gasteiger partial charge in [-0.15, -0.1) is 0 Å². The van der Waals surface area contributed by atoms with Gasteiger partial charge in [-0.1, -0.05) is 24.3 Å². The highest BCUT2D eigenvalue weighted by Gasteiger charge is 2.38. The van der Waals surface area contributed by atoms with Crippen LogP contribution in [0.25, 0.3) is 10.9 Å². The van der Waals surface area contributed by atoms with Crippen molar-refractivity contribution in [2.24, 2.45) is 0 Å². The van der Waals surface area contributed by atoms with Crippen molar-refractivity contribution in [2.75, 3.05) is 26.7 Å². The Balaban J connectivity index is 1.20. The molecule has 0 saturated carbocycles. The lowest BCUT2D eigenvalue weighted by Gasteiger charge is -2.38. The molecule has 3 heterocycles. The fourth-order valence-corrected chi connectivity index (χ4v) is 5.73. The average molecular weight is 561 g/mol. The Bertz CT molecular complexity index is 1400. The normalized spacial score (nSPS) is 19.0. The number of carbonyl (C=O) groups excluding carboxylic acids is 2. The van der Waals surface area contributed by atoms with Crippen LogP contribution in [0.1, 0.15) is 56.4 Å². The standard InChI is InChI=1S/C32H40N4O5/c1-32(2,3)41-31(39)36-19-22-8-6-5-7-21(22)17-28(36)30(38)34-23-12-15-35(16-13-23)20-29(37)25-11-14-33-27-10-9-24(40-4)18-26(25)27/h5-11,14,18,23,28-29,37H,12-13,15-17,19-20H2,1-4H3,(H,34,38)/t28-,29-/m0/s1. The Morgan fingerprint density at radius 1 is 1.10 bits per heavy atom. The van der Waals surface area contributed by atoms with Gasteiger partial charge in [0.15, 0.2) is 0 Å². The predicted molar refractivity (Wildman–Crippen MR) is 157 cm³/mol. The van der Waals surface area contributed by atoms with E-state index >= 15 is 0 Å². The third kappa shape index (κ3) is 6.80. The lowest BCUT2D eigenvalue weighted by Crippen LogP contribution is -2.56. The molecule has 9 nitrogen and oxygen atoms in total. The fraction of sp³-hybridized carbons (Fsp3) is 0.469. The number of aliphatic hydroxyl groups excluding tert-OH is 1. The summed E-state index contributed by atoms with van der Waals surface area (Å²) >= 11 is 0. The van der Waals surface area contributed by atoms with Crippen molar-refractivity contribution in [2.45, 2.75) is 70.4 Å². The number of benzene rings is 2. The van der Waals surface area contributed by atoms with Gasteiger partial charge in [-0.3, -0.25) is 14.7 Å². The van der Waals surface area contributed by atoms with Crippen LogP contribution in [0.5, 0.6) is 5.75 Å². The molecule has 0 aliphatic carbocycles. The van der Waals surface area contributed by atoms with Crippen molar-refractivity contribution in [1.29, 1.82) is 0 Å². The van der Waals surface area contributed by atoms with Gasteiger partial charge in [0.2, 0.25) is 5.91 Å². The van der Waals surface area contributed by atoms with Crippen molar-refractivity contribution in [3.8, 4) is 5.75 Å². The Morgan fingerprint density at radius 2 is 1.83 bits per heavy atom. The minimum Gasteiger partial charge on any atom is -0.497 e. The average Bonchev–Trinajstić information content (AvgIpc) is 2.95. The Kier molecular flexibility index (Phi) is 8.47. The summed E-state index contributed by atoms with van der Waals surface area (Å²) in [6.45, 7) is 7.82. The van der Waals surface area contributed by atoms with E-state index in [1.54, 1.807) is 18.2 Å². The van der Waals surface area contributed by atoms with Crippen molar-refractivity contribution >= 4 is 22.9 Å². The monoisotopic (exact) mass is 560 g/mol. The number of hydrogen-bond donors (Lipinski definition) is 2. The molecule has 3 aromatic rings. The predicted octanol–water partition coefficient (Wildman–Crippen LogP) is 4.22. The number of β-amino-alcohol motifs (C(OH)–C–C–N with tert-alkyl or cyclic N) is 1. The molecule has 5 rings (SSSR count). The Hall–Kier alpha value is -3.69. The van der Waals surface area contributed by atoms with Crippen molar-refractivity contribution in [1.82, 2.24) is 20.1 Å². The van der Waals surface area contributed by atoms with Gasteiger partial charge >= 0.3 is 6.09 Å². The van der Waals surface area contributed by atoms with Gasteiger partial charge in [0.25, 0.3) is 0 Å². The molecular weight excluding hydrogens is 520 g/mol. The largest absolute Gasteiger partial charge is 0.497 e. The number of nitrogens with one attached hydrogen (secondary N) is 1. The zero-order valence-electron chi connectivity index (χ0n) is 24.3. The number of rotatable bonds is 6. The molecular formula is C32H40N4O5. The van der Waals surface area contributed by atoms with Crippen molar-refractivity contribution in [3.05, 3.63) is 71.4 Å². The van der Waals surface area contributed by atoms with Crippen LogP contribution in [0, 0.1) is 0 Å². The summed E-state index contributed by atoms with van der Waals surface area (Å²) in [6.07, 6.45) is 2.55. The van der Waals surface area contributed by atoms with E-state index in [1.807, 2.05) is 69.3 Å². The number of likely N-dealkylation sites (tertiary alicyclic amines) is 1. The van der Waals surface area contributed by atoms with Gasteiger partial charge in [0.05, 0.1) is 25.3 Å². The van der Waals surface area contributed by atoms with Crippen LogP contribution < -0.4 is 10.1 Å². The van der Waals surface area contributed by atoms with E-state index in [0.29, 0.717) is 19.5 Å². The quantitative estimate of drug-likeness (QED) is 0.465. The second-order valence-corrected chi connectivity index (χ2v) is 12.0. The van der Waals surface area contributed by atoms with Crippen LogP contribution in [0.3, 0.4) is 0 Å². The first-order chi connectivity index (χ1) is 19.6. The smallest absolute Gasteiger partial charge is 0.411 e. The van der Waals surface area contributed by atoms with E-state index in [9.17, 15) is 14.7 Å². The van der Waals surface area contributed by atoms with Gasteiger partial charge in [-0.25, -0.2) is 4.79 Å². The second-order valence-electron chi connectivity index (χ2n) is 12.0. The molecule has 1 saturated heterocycles. The summed E-state index contributed by atoms with van der Waals surface area (Å²) in [6, 6.07) is 14.8.